The highest BCUT2D eigenvalue weighted by Crippen LogP contribution is 2.27. The van der Waals surface area contributed by atoms with E-state index in [2.05, 4.69) is 38.0 Å². The number of nitrogens with zero attached hydrogens (tertiary/aromatic N) is 3. The van der Waals surface area contributed by atoms with Crippen LogP contribution < -0.4 is 0 Å². The maximum absolute atomic E-state index is 4.89. The van der Waals surface area contributed by atoms with Crippen LogP contribution in [-0.2, 0) is 0 Å². The van der Waals surface area contributed by atoms with Crippen molar-refractivity contribution in [2.75, 3.05) is 13.6 Å². The van der Waals surface area contributed by atoms with Crippen LogP contribution in [0.15, 0.2) is 9.32 Å². The molecule has 13 heavy (non-hydrogen) atoms. The zero-order valence-electron chi connectivity index (χ0n) is 7.53. The molecular formula is C8H12BrN3O. The Balaban J connectivity index is 2.14. The molecule has 0 saturated carbocycles. The van der Waals surface area contributed by atoms with Gasteiger partial charge in [0.1, 0.15) is 0 Å². The second-order valence-electron chi connectivity index (χ2n) is 3.40. The van der Waals surface area contributed by atoms with Crippen molar-refractivity contribution >= 4 is 15.9 Å². The van der Waals surface area contributed by atoms with Gasteiger partial charge in [0, 0.05) is 15.9 Å². The second-order valence-corrected chi connectivity index (χ2v) is 4.08. The Morgan fingerprint density at radius 1 is 1.54 bits per heavy atom. The molecule has 0 N–H and O–H groups in total. The summed E-state index contributed by atoms with van der Waals surface area (Å²) in [7, 11) is 2.11. The van der Waals surface area contributed by atoms with E-state index < -0.39 is 0 Å². The highest BCUT2D eigenvalue weighted by molar-refractivity contribution is 9.10. The summed E-state index contributed by atoms with van der Waals surface area (Å²) in [6, 6.07) is 0.337. The highest BCUT2D eigenvalue weighted by atomic mass is 79.9. The number of piperidine rings is 1. The molecule has 0 bridgehead atoms. The zero-order valence-corrected chi connectivity index (χ0v) is 9.12. The molecule has 1 fully saturated rings. The molecule has 1 aliphatic rings. The monoisotopic (exact) mass is 245 g/mol. The van der Waals surface area contributed by atoms with Crippen LogP contribution in [0.2, 0.25) is 0 Å². The van der Waals surface area contributed by atoms with Crippen LogP contribution in [0.5, 0.6) is 0 Å². The van der Waals surface area contributed by atoms with Gasteiger partial charge in [0.15, 0.2) is 5.82 Å². The summed E-state index contributed by atoms with van der Waals surface area (Å²) in [5.41, 5.74) is 0. The normalized spacial score (nSPS) is 24.9. The van der Waals surface area contributed by atoms with E-state index in [0.717, 1.165) is 18.8 Å². The van der Waals surface area contributed by atoms with Crippen molar-refractivity contribution in [3.63, 3.8) is 0 Å². The first kappa shape index (κ1) is 9.15. The third-order valence-electron chi connectivity index (χ3n) is 2.49. The summed E-state index contributed by atoms with van der Waals surface area (Å²) >= 11 is 3.16. The lowest BCUT2D eigenvalue weighted by Crippen LogP contribution is -2.30. The Kier molecular flexibility index (Phi) is 2.64. The second kappa shape index (κ2) is 3.75. The van der Waals surface area contributed by atoms with Crippen LogP contribution >= 0.6 is 15.9 Å². The molecule has 72 valence electrons. The van der Waals surface area contributed by atoms with Crippen LogP contribution in [0, 0.1) is 0 Å². The van der Waals surface area contributed by atoms with Crippen molar-refractivity contribution < 1.29 is 4.52 Å². The Labute approximate surface area is 85.4 Å². The Morgan fingerprint density at radius 2 is 2.38 bits per heavy atom. The number of rotatable bonds is 1. The van der Waals surface area contributed by atoms with Gasteiger partial charge in [-0.1, -0.05) is 11.6 Å². The minimum atomic E-state index is 0.337. The van der Waals surface area contributed by atoms with Gasteiger partial charge in [-0.2, -0.15) is 4.98 Å². The van der Waals surface area contributed by atoms with Gasteiger partial charge >= 0.3 is 0 Å². The maximum Gasteiger partial charge on any atom is 0.293 e. The Hall–Kier alpha value is -0.420. The van der Waals surface area contributed by atoms with E-state index in [9.17, 15) is 0 Å². The fourth-order valence-corrected chi connectivity index (χ4v) is 2.01. The van der Waals surface area contributed by atoms with E-state index in [1.165, 1.54) is 12.8 Å². The summed E-state index contributed by atoms with van der Waals surface area (Å²) < 4.78 is 4.89. The lowest BCUT2D eigenvalue weighted by atomic mass is 10.0. The van der Waals surface area contributed by atoms with E-state index >= 15 is 0 Å². The molecule has 1 unspecified atom stereocenters. The first-order chi connectivity index (χ1) is 6.27. The molecule has 0 aromatic carbocycles. The van der Waals surface area contributed by atoms with Gasteiger partial charge in [-0.05, 0) is 26.4 Å². The van der Waals surface area contributed by atoms with Crippen molar-refractivity contribution in [2.24, 2.45) is 0 Å². The van der Waals surface area contributed by atoms with Crippen LogP contribution in [0.1, 0.15) is 31.1 Å². The number of halogens is 1. The third-order valence-corrected chi connectivity index (χ3v) is 2.81. The quantitative estimate of drug-likeness (QED) is 0.759. The molecule has 2 heterocycles. The number of hydrogen-bond acceptors (Lipinski definition) is 4. The van der Waals surface area contributed by atoms with Crippen molar-refractivity contribution in [2.45, 2.75) is 25.3 Å². The lowest BCUT2D eigenvalue weighted by Gasteiger charge is -2.29. The lowest BCUT2D eigenvalue weighted by molar-refractivity contribution is 0.176. The highest BCUT2D eigenvalue weighted by Gasteiger charge is 2.24. The van der Waals surface area contributed by atoms with Crippen LogP contribution in [-0.4, -0.2) is 28.6 Å². The molecule has 1 aromatic heterocycles. The van der Waals surface area contributed by atoms with Crippen LogP contribution in [0.25, 0.3) is 0 Å². The van der Waals surface area contributed by atoms with Gasteiger partial charge in [-0.15, -0.1) is 0 Å². The average molecular weight is 246 g/mol. The van der Waals surface area contributed by atoms with Gasteiger partial charge in [-0.3, -0.25) is 4.90 Å². The minimum absolute atomic E-state index is 0.337. The largest absolute Gasteiger partial charge is 0.327 e. The minimum Gasteiger partial charge on any atom is -0.327 e. The number of likely N-dealkylation sites (tertiary alicyclic amines) is 1. The molecule has 0 spiro atoms. The summed E-state index contributed by atoms with van der Waals surface area (Å²) in [5, 5.41) is 3.92. The van der Waals surface area contributed by atoms with Crippen LogP contribution in [0.3, 0.4) is 0 Å². The molecular weight excluding hydrogens is 234 g/mol. The summed E-state index contributed by atoms with van der Waals surface area (Å²) in [5.74, 6) is 0.800. The topological polar surface area (TPSA) is 42.2 Å². The maximum atomic E-state index is 4.89. The predicted octanol–water partition coefficient (Wildman–Crippen LogP) is 1.99. The number of hydrogen-bond donors (Lipinski definition) is 0. The van der Waals surface area contributed by atoms with E-state index in [-0.39, 0.29) is 0 Å². The van der Waals surface area contributed by atoms with Crippen molar-refractivity contribution in [3.8, 4) is 0 Å². The summed E-state index contributed by atoms with van der Waals surface area (Å²) in [6.07, 6.45) is 3.65. The first-order valence-electron chi connectivity index (χ1n) is 4.47. The molecule has 4 nitrogen and oxygen atoms in total. The molecule has 1 saturated heterocycles. The van der Waals surface area contributed by atoms with Crippen LogP contribution in [0.4, 0.5) is 0 Å². The van der Waals surface area contributed by atoms with E-state index in [4.69, 9.17) is 4.52 Å². The Bertz CT molecular complexity index is 289. The predicted molar refractivity (Wildman–Crippen MR) is 51.2 cm³/mol. The third kappa shape index (κ3) is 1.91. The molecule has 0 radical (unpaired) electrons. The van der Waals surface area contributed by atoms with E-state index in [0.29, 0.717) is 10.8 Å². The van der Waals surface area contributed by atoms with E-state index in [1.807, 2.05) is 0 Å². The fourth-order valence-electron chi connectivity index (χ4n) is 1.75. The molecule has 0 amide bonds. The SMILES string of the molecule is CN1CCCCC1c1noc(Br)n1. The van der Waals surface area contributed by atoms with Gasteiger partial charge in [0.25, 0.3) is 4.80 Å². The molecule has 1 aliphatic heterocycles. The molecule has 2 rings (SSSR count). The zero-order chi connectivity index (χ0) is 9.26. The van der Waals surface area contributed by atoms with Gasteiger partial charge in [-0.25, -0.2) is 0 Å². The summed E-state index contributed by atoms with van der Waals surface area (Å²) in [6.45, 7) is 1.12. The van der Waals surface area contributed by atoms with Crippen molar-refractivity contribution in [1.29, 1.82) is 0 Å². The first-order valence-corrected chi connectivity index (χ1v) is 5.26. The molecule has 1 atom stereocenters. The summed E-state index contributed by atoms with van der Waals surface area (Å²) in [4.78, 5) is 6.93. The standard InChI is InChI=1S/C8H12BrN3O/c1-12-5-3-2-4-6(12)7-10-8(9)13-11-7/h6H,2-5H2,1H3. The van der Waals surface area contributed by atoms with Crippen molar-refractivity contribution in [1.82, 2.24) is 15.0 Å². The average Bonchev–Trinajstić information content (AvgIpc) is 2.53. The van der Waals surface area contributed by atoms with E-state index in [1.54, 1.807) is 0 Å². The molecule has 1 aromatic rings. The Morgan fingerprint density at radius 3 is 3.00 bits per heavy atom. The van der Waals surface area contributed by atoms with Gasteiger partial charge in [0.05, 0.1) is 6.04 Å². The smallest absolute Gasteiger partial charge is 0.293 e. The van der Waals surface area contributed by atoms with Crippen molar-refractivity contribution in [3.05, 3.63) is 10.6 Å². The van der Waals surface area contributed by atoms with Gasteiger partial charge < -0.3 is 4.52 Å². The molecule has 0 aliphatic carbocycles. The fraction of sp³-hybridized carbons (Fsp3) is 0.750. The number of aromatic nitrogens is 2. The van der Waals surface area contributed by atoms with Gasteiger partial charge in [0.2, 0.25) is 0 Å². The molecule has 5 heteroatoms.